The first-order chi connectivity index (χ1) is 11.1. The number of aryl methyl sites for hydroxylation is 1. The molecule has 0 heterocycles. The summed E-state index contributed by atoms with van der Waals surface area (Å²) in [5, 5.41) is 12.0. The van der Waals surface area contributed by atoms with E-state index in [-0.39, 0.29) is 16.3 Å². The fourth-order valence-electron chi connectivity index (χ4n) is 2.23. The van der Waals surface area contributed by atoms with E-state index in [1.165, 1.54) is 6.07 Å². The lowest BCUT2D eigenvalue weighted by Gasteiger charge is -2.25. The quantitative estimate of drug-likeness (QED) is 0.803. The summed E-state index contributed by atoms with van der Waals surface area (Å²) in [6.07, 6.45) is -0.200. The van der Waals surface area contributed by atoms with Gasteiger partial charge >= 0.3 is 6.09 Å². The molecule has 0 aliphatic carbocycles. The fraction of sp³-hybridized carbons (Fsp3) is 0.588. The summed E-state index contributed by atoms with van der Waals surface area (Å²) in [5.74, 6) is -0.440. The van der Waals surface area contributed by atoms with E-state index in [2.05, 4.69) is 5.32 Å². The van der Waals surface area contributed by atoms with Crippen LogP contribution in [0.25, 0.3) is 0 Å². The molecule has 0 aliphatic rings. The van der Waals surface area contributed by atoms with Crippen LogP contribution in [0.1, 0.15) is 51.8 Å². The number of aliphatic hydroxyl groups excluding tert-OH is 1. The maximum Gasteiger partial charge on any atom is 0.408 e. The highest BCUT2D eigenvalue weighted by molar-refractivity contribution is 6.31. The highest BCUT2D eigenvalue weighted by Gasteiger charge is 2.28. The van der Waals surface area contributed by atoms with Crippen LogP contribution in [0.3, 0.4) is 0 Å². The number of alkyl carbamates (subject to hydrolysis) is 1. The molecule has 1 aromatic carbocycles. The molecule has 136 valence electrons. The summed E-state index contributed by atoms with van der Waals surface area (Å²) in [6, 6.07) is 0.457. The van der Waals surface area contributed by atoms with Crippen molar-refractivity contribution in [1.82, 2.24) is 5.32 Å². The number of carbonyl (C=O) groups excluding carboxylic acids is 1. The van der Waals surface area contributed by atoms with Crippen molar-refractivity contribution in [2.45, 2.75) is 52.7 Å². The Kier molecular flexibility index (Phi) is 7.29. The van der Waals surface area contributed by atoms with Gasteiger partial charge in [-0.3, -0.25) is 0 Å². The molecule has 2 N–H and O–H groups in total. The van der Waals surface area contributed by atoms with Crippen LogP contribution in [0.5, 0.6) is 5.75 Å². The van der Waals surface area contributed by atoms with Crippen LogP contribution in [0.4, 0.5) is 9.18 Å². The smallest absolute Gasteiger partial charge is 0.408 e. The lowest BCUT2D eigenvalue weighted by atomic mass is 10.00. The second kappa shape index (κ2) is 8.53. The molecule has 1 aromatic rings. The van der Waals surface area contributed by atoms with Gasteiger partial charge in [-0.25, -0.2) is 9.18 Å². The number of hydrogen-bond donors (Lipinski definition) is 2. The Hall–Kier alpha value is -1.53. The molecule has 1 atom stereocenters. The van der Waals surface area contributed by atoms with E-state index in [9.17, 15) is 14.3 Å². The third-order valence-electron chi connectivity index (χ3n) is 3.17. The van der Waals surface area contributed by atoms with Crippen molar-refractivity contribution >= 4 is 17.7 Å². The predicted molar refractivity (Wildman–Crippen MR) is 91.2 cm³/mol. The number of nitrogens with one attached hydrogen (secondary N) is 1. The summed E-state index contributed by atoms with van der Waals surface area (Å²) in [5.41, 5.74) is 0.00568. The highest BCUT2D eigenvalue weighted by Crippen LogP contribution is 2.36. The van der Waals surface area contributed by atoms with Crippen LogP contribution in [0, 0.1) is 5.82 Å². The molecular formula is C17H25ClFNO4. The molecule has 0 aliphatic heterocycles. The minimum atomic E-state index is -1.04. The van der Waals surface area contributed by atoms with E-state index >= 15 is 0 Å². The van der Waals surface area contributed by atoms with Gasteiger partial charge in [-0.05, 0) is 45.7 Å². The Balaban J connectivity index is 3.28. The molecule has 0 spiro atoms. The van der Waals surface area contributed by atoms with Gasteiger partial charge in [0.1, 0.15) is 11.4 Å². The van der Waals surface area contributed by atoms with Gasteiger partial charge in [-0.15, -0.1) is 0 Å². The number of aliphatic hydroxyl groups is 1. The third-order valence-corrected chi connectivity index (χ3v) is 3.45. The standard InChI is InChI=1S/C17H25ClFNO4/c1-6-10-8-11(18)14(19)13(15(10)23-7-2)12(9-21)20-16(22)24-17(3,4)5/h8,12,21H,6-7,9H2,1-5H3,(H,20,22). The molecule has 1 rings (SSSR count). The van der Waals surface area contributed by atoms with Crippen molar-refractivity contribution in [1.29, 1.82) is 0 Å². The number of rotatable bonds is 6. The van der Waals surface area contributed by atoms with Crippen molar-refractivity contribution in [3.05, 3.63) is 28.0 Å². The molecule has 0 bridgehead atoms. The topological polar surface area (TPSA) is 67.8 Å². The van der Waals surface area contributed by atoms with Crippen LogP contribution in [0.2, 0.25) is 5.02 Å². The minimum absolute atomic E-state index is 0.0227. The maximum atomic E-state index is 14.6. The SMILES string of the molecule is CCOc1c(CC)cc(Cl)c(F)c1C(CO)NC(=O)OC(C)(C)C. The molecule has 0 saturated carbocycles. The Morgan fingerprint density at radius 2 is 2.04 bits per heavy atom. The summed E-state index contributed by atoms with van der Waals surface area (Å²) in [4.78, 5) is 12.0. The Morgan fingerprint density at radius 1 is 1.42 bits per heavy atom. The highest BCUT2D eigenvalue weighted by atomic mass is 35.5. The average Bonchev–Trinajstić information content (AvgIpc) is 2.47. The largest absolute Gasteiger partial charge is 0.493 e. The molecular weight excluding hydrogens is 337 g/mol. The number of amides is 1. The number of carbonyl (C=O) groups is 1. The number of hydrogen-bond acceptors (Lipinski definition) is 4. The number of benzene rings is 1. The van der Waals surface area contributed by atoms with E-state index in [0.29, 0.717) is 18.6 Å². The molecule has 24 heavy (non-hydrogen) atoms. The molecule has 0 saturated heterocycles. The second-order valence-electron chi connectivity index (χ2n) is 6.24. The predicted octanol–water partition coefficient (Wildman–Crippen LogP) is 4.00. The van der Waals surface area contributed by atoms with E-state index in [1.54, 1.807) is 27.7 Å². The van der Waals surface area contributed by atoms with E-state index in [4.69, 9.17) is 21.1 Å². The van der Waals surface area contributed by atoms with Gasteiger partial charge in [0, 0.05) is 0 Å². The molecule has 0 aromatic heterocycles. The van der Waals surface area contributed by atoms with Gasteiger partial charge in [-0.1, -0.05) is 18.5 Å². The van der Waals surface area contributed by atoms with E-state index in [0.717, 1.165) is 0 Å². The monoisotopic (exact) mass is 361 g/mol. The molecule has 5 nitrogen and oxygen atoms in total. The van der Waals surface area contributed by atoms with Gasteiger partial charge in [0.05, 0.1) is 29.8 Å². The first-order valence-corrected chi connectivity index (χ1v) is 8.26. The van der Waals surface area contributed by atoms with Crippen molar-refractivity contribution in [2.24, 2.45) is 0 Å². The van der Waals surface area contributed by atoms with Gasteiger partial charge in [0.15, 0.2) is 5.82 Å². The van der Waals surface area contributed by atoms with Gasteiger partial charge in [-0.2, -0.15) is 0 Å². The zero-order valence-electron chi connectivity index (χ0n) is 14.7. The zero-order chi connectivity index (χ0) is 18.5. The number of ether oxygens (including phenoxy) is 2. The molecule has 0 radical (unpaired) electrons. The summed E-state index contributed by atoms with van der Waals surface area (Å²) in [7, 11) is 0. The lowest BCUT2D eigenvalue weighted by molar-refractivity contribution is 0.0479. The summed E-state index contributed by atoms with van der Waals surface area (Å²) in [6.45, 7) is 8.56. The summed E-state index contributed by atoms with van der Waals surface area (Å²) >= 11 is 5.96. The molecule has 1 unspecified atom stereocenters. The molecule has 7 heteroatoms. The van der Waals surface area contributed by atoms with Crippen molar-refractivity contribution in [3.63, 3.8) is 0 Å². The zero-order valence-corrected chi connectivity index (χ0v) is 15.5. The van der Waals surface area contributed by atoms with Crippen molar-refractivity contribution in [2.75, 3.05) is 13.2 Å². The van der Waals surface area contributed by atoms with E-state index in [1.807, 2.05) is 6.92 Å². The third kappa shape index (κ3) is 5.24. The Morgan fingerprint density at radius 3 is 2.50 bits per heavy atom. The second-order valence-corrected chi connectivity index (χ2v) is 6.65. The maximum absolute atomic E-state index is 14.6. The Bertz CT molecular complexity index is 587. The Labute approximate surface area is 147 Å². The molecule has 1 amide bonds. The average molecular weight is 362 g/mol. The van der Waals surface area contributed by atoms with Gasteiger partial charge in [0.2, 0.25) is 0 Å². The van der Waals surface area contributed by atoms with Gasteiger partial charge in [0.25, 0.3) is 0 Å². The van der Waals surface area contributed by atoms with E-state index < -0.39 is 30.2 Å². The fourth-order valence-corrected chi connectivity index (χ4v) is 2.46. The minimum Gasteiger partial charge on any atom is -0.493 e. The van der Waals surface area contributed by atoms with Crippen molar-refractivity contribution in [3.8, 4) is 5.75 Å². The van der Waals surface area contributed by atoms with Crippen LogP contribution >= 0.6 is 11.6 Å². The lowest BCUT2D eigenvalue weighted by Crippen LogP contribution is -2.37. The number of halogens is 2. The van der Waals surface area contributed by atoms with Gasteiger partial charge < -0.3 is 19.9 Å². The van der Waals surface area contributed by atoms with Crippen LogP contribution < -0.4 is 10.1 Å². The van der Waals surface area contributed by atoms with Crippen LogP contribution in [-0.4, -0.2) is 30.0 Å². The normalized spacial score (nSPS) is 12.7. The van der Waals surface area contributed by atoms with Crippen LogP contribution in [-0.2, 0) is 11.2 Å². The molecule has 0 fully saturated rings. The summed E-state index contributed by atoms with van der Waals surface area (Å²) < 4.78 is 25.3. The van der Waals surface area contributed by atoms with Crippen molar-refractivity contribution < 1.29 is 23.8 Å². The first kappa shape index (κ1) is 20.5. The first-order valence-electron chi connectivity index (χ1n) is 7.88. The van der Waals surface area contributed by atoms with Crippen LogP contribution in [0.15, 0.2) is 6.07 Å².